The Kier molecular flexibility index (Phi) is 4.46. The maximum Gasteiger partial charge on any atom is 0.126 e. The van der Waals surface area contributed by atoms with Gasteiger partial charge in [-0.25, -0.2) is 8.78 Å². The number of halogens is 2. The largest absolute Gasteiger partial charge is 0.389 e. The van der Waals surface area contributed by atoms with Crippen molar-refractivity contribution in [3.8, 4) is 0 Å². The van der Waals surface area contributed by atoms with Crippen LogP contribution in [0.2, 0.25) is 0 Å². The molecular formula is C13H17F2NO3. The van der Waals surface area contributed by atoms with Crippen LogP contribution in [0.1, 0.15) is 18.1 Å². The van der Waals surface area contributed by atoms with Gasteiger partial charge >= 0.3 is 0 Å². The number of benzene rings is 1. The van der Waals surface area contributed by atoms with E-state index in [9.17, 15) is 24.1 Å². The normalized spacial score (nSPS) is 25.7. The van der Waals surface area contributed by atoms with Crippen LogP contribution in [0.25, 0.3) is 0 Å². The lowest BCUT2D eigenvalue weighted by Gasteiger charge is -2.17. The highest BCUT2D eigenvalue weighted by molar-refractivity contribution is 5.20. The Balaban J connectivity index is 1.89. The maximum absolute atomic E-state index is 13.0. The van der Waals surface area contributed by atoms with Crippen LogP contribution in [0.4, 0.5) is 8.78 Å². The third-order valence-electron chi connectivity index (χ3n) is 3.32. The summed E-state index contributed by atoms with van der Waals surface area (Å²) in [7, 11) is 0. The van der Waals surface area contributed by atoms with E-state index < -0.39 is 29.9 Å². The smallest absolute Gasteiger partial charge is 0.126 e. The van der Waals surface area contributed by atoms with Crippen molar-refractivity contribution in [3.05, 3.63) is 35.4 Å². The Morgan fingerprint density at radius 2 is 1.63 bits per heavy atom. The fraction of sp³-hybridized carbons (Fsp3) is 0.538. The van der Waals surface area contributed by atoms with Crippen molar-refractivity contribution in [1.82, 2.24) is 4.90 Å². The predicted molar refractivity (Wildman–Crippen MR) is 64.4 cm³/mol. The summed E-state index contributed by atoms with van der Waals surface area (Å²) in [6.45, 7) is 1.12. The number of β-amino-alcohol motifs (C(OH)–C–C–N with tert-alkyl or cyclic N) is 2. The Hall–Kier alpha value is -1.08. The van der Waals surface area contributed by atoms with Crippen molar-refractivity contribution in [2.45, 2.75) is 24.7 Å². The summed E-state index contributed by atoms with van der Waals surface area (Å²) in [4.78, 5) is 1.80. The van der Waals surface area contributed by atoms with Gasteiger partial charge in [-0.15, -0.1) is 0 Å². The average Bonchev–Trinajstić information content (AvgIpc) is 2.64. The molecular weight excluding hydrogens is 256 g/mol. The van der Waals surface area contributed by atoms with Crippen molar-refractivity contribution in [3.63, 3.8) is 0 Å². The molecule has 106 valence electrons. The van der Waals surface area contributed by atoms with E-state index in [2.05, 4.69) is 0 Å². The number of aliphatic hydroxyl groups excluding tert-OH is 3. The molecule has 0 radical (unpaired) electrons. The second-order valence-corrected chi connectivity index (χ2v) is 4.90. The zero-order valence-electron chi connectivity index (χ0n) is 10.3. The Morgan fingerprint density at radius 1 is 1.11 bits per heavy atom. The SMILES string of the molecule is OC(CCN1CC(O)C(O)C1)c1cc(F)cc(F)c1. The molecule has 0 spiro atoms. The van der Waals surface area contributed by atoms with E-state index in [1.165, 1.54) is 0 Å². The number of hydrogen-bond donors (Lipinski definition) is 3. The minimum atomic E-state index is -0.972. The van der Waals surface area contributed by atoms with Crippen LogP contribution in [-0.2, 0) is 0 Å². The molecule has 19 heavy (non-hydrogen) atoms. The zero-order chi connectivity index (χ0) is 14.0. The molecule has 6 heteroatoms. The van der Waals surface area contributed by atoms with Crippen LogP contribution < -0.4 is 0 Å². The van der Waals surface area contributed by atoms with E-state index in [1.807, 2.05) is 0 Å². The first-order valence-corrected chi connectivity index (χ1v) is 6.18. The standard InChI is InChI=1S/C13H17F2NO3/c14-9-3-8(4-10(15)5-9)11(17)1-2-16-6-12(18)13(19)7-16/h3-5,11-13,17-19H,1-2,6-7H2. The maximum atomic E-state index is 13.0. The van der Waals surface area contributed by atoms with Crippen LogP contribution in [0.3, 0.4) is 0 Å². The van der Waals surface area contributed by atoms with Gasteiger partial charge in [0.15, 0.2) is 0 Å². The lowest BCUT2D eigenvalue weighted by atomic mass is 10.1. The van der Waals surface area contributed by atoms with Gasteiger partial charge in [-0.1, -0.05) is 0 Å². The van der Waals surface area contributed by atoms with E-state index in [0.717, 1.165) is 18.2 Å². The van der Waals surface area contributed by atoms with Gasteiger partial charge in [-0.2, -0.15) is 0 Å². The summed E-state index contributed by atoms with van der Waals surface area (Å²) in [5.74, 6) is -1.44. The monoisotopic (exact) mass is 273 g/mol. The highest BCUT2D eigenvalue weighted by atomic mass is 19.1. The highest BCUT2D eigenvalue weighted by Gasteiger charge is 2.29. The van der Waals surface area contributed by atoms with Crippen molar-refractivity contribution in [1.29, 1.82) is 0 Å². The van der Waals surface area contributed by atoms with Gasteiger partial charge in [0.1, 0.15) is 11.6 Å². The van der Waals surface area contributed by atoms with Crippen LogP contribution in [0.5, 0.6) is 0 Å². The molecule has 4 nitrogen and oxygen atoms in total. The second kappa shape index (κ2) is 5.92. The molecule has 0 bridgehead atoms. The summed E-state index contributed by atoms with van der Waals surface area (Å²) in [5, 5.41) is 28.6. The number of nitrogens with zero attached hydrogens (tertiary/aromatic N) is 1. The Bertz CT molecular complexity index is 414. The summed E-state index contributed by atoms with van der Waals surface area (Å²) >= 11 is 0. The Morgan fingerprint density at radius 3 is 2.16 bits per heavy atom. The van der Waals surface area contributed by atoms with Crippen LogP contribution in [-0.4, -0.2) is 52.1 Å². The molecule has 0 amide bonds. The van der Waals surface area contributed by atoms with Gasteiger partial charge in [-0.3, -0.25) is 4.90 Å². The van der Waals surface area contributed by atoms with E-state index in [1.54, 1.807) is 4.90 Å². The molecule has 1 fully saturated rings. The average molecular weight is 273 g/mol. The highest BCUT2D eigenvalue weighted by Crippen LogP contribution is 2.20. The van der Waals surface area contributed by atoms with Gasteiger partial charge in [-0.05, 0) is 24.1 Å². The fourth-order valence-corrected chi connectivity index (χ4v) is 2.27. The summed E-state index contributed by atoms with van der Waals surface area (Å²) in [5.41, 5.74) is 0.192. The topological polar surface area (TPSA) is 63.9 Å². The van der Waals surface area contributed by atoms with Crippen molar-refractivity contribution in [2.75, 3.05) is 19.6 Å². The van der Waals surface area contributed by atoms with Gasteiger partial charge in [0.25, 0.3) is 0 Å². The molecule has 1 aromatic carbocycles. The molecule has 1 heterocycles. The summed E-state index contributed by atoms with van der Waals surface area (Å²) < 4.78 is 26.0. The molecule has 3 N–H and O–H groups in total. The molecule has 0 saturated carbocycles. The minimum absolute atomic E-state index is 0.192. The van der Waals surface area contributed by atoms with Gasteiger partial charge in [0.05, 0.1) is 18.3 Å². The first-order valence-electron chi connectivity index (χ1n) is 6.18. The van der Waals surface area contributed by atoms with E-state index in [-0.39, 0.29) is 12.0 Å². The van der Waals surface area contributed by atoms with Gasteiger partial charge in [0.2, 0.25) is 0 Å². The van der Waals surface area contributed by atoms with Crippen molar-refractivity contribution < 1.29 is 24.1 Å². The van der Waals surface area contributed by atoms with Crippen LogP contribution >= 0.6 is 0 Å². The van der Waals surface area contributed by atoms with Crippen molar-refractivity contribution in [2.24, 2.45) is 0 Å². The first kappa shape index (κ1) is 14.3. The third-order valence-corrected chi connectivity index (χ3v) is 3.32. The molecule has 3 unspecified atom stereocenters. The van der Waals surface area contributed by atoms with Crippen LogP contribution in [0.15, 0.2) is 18.2 Å². The first-order chi connectivity index (χ1) is 8.95. The lowest BCUT2D eigenvalue weighted by molar-refractivity contribution is 0.0572. The van der Waals surface area contributed by atoms with E-state index in [4.69, 9.17) is 0 Å². The van der Waals surface area contributed by atoms with Crippen LogP contribution in [0, 0.1) is 11.6 Å². The summed E-state index contributed by atoms with van der Waals surface area (Å²) in [6.07, 6.45) is -2.24. The van der Waals surface area contributed by atoms with Gasteiger partial charge < -0.3 is 15.3 Å². The molecule has 2 rings (SSSR count). The lowest BCUT2D eigenvalue weighted by Crippen LogP contribution is -2.24. The van der Waals surface area contributed by atoms with E-state index >= 15 is 0 Å². The molecule has 1 saturated heterocycles. The molecule has 1 aliphatic heterocycles. The summed E-state index contributed by atoms with van der Waals surface area (Å²) in [6, 6.07) is 2.95. The van der Waals surface area contributed by atoms with Gasteiger partial charge in [0, 0.05) is 25.7 Å². The number of aliphatic hydroxyl groups is 3. The number of likely N-dealkylation sites (tertiary alicyclic amines) is 1. The molecule has 1 aliphatic rings. The number of rotatable bonds is 4. The molecule has 0 aliphatic carbocycles. The fourth-order valence-electron chi connectivity index (χ4n) is 2.27. The van der Waals surface area contributed by atoms with Crippen molar-refractivity contribution >= 4 is 0 Å². The third kappa shape index (κ3) is 3.70. The molecule has 1 aromatic rings. The quantitative estimate of drug-likeness (QED) is 0.744. The molecule has 3 atom stereocenters. The predicted octanol–water partition coefficient (Wildman–Crippen LogP) is 0.426. The Labute approximate surface area is 109 Å². The van der Waals surface area contributed by atoms with E-state index in [0.29, 0.717) is 19.6 Å². The zero-order valence-corrected chi connectivity index (χ0v) is 10.3. The second-order valence-electron chi connectivity index (χ2n) is 4.90. The minimum Gasteiger partial charge on any atom is -0.389 e. The molecule has 0 aromatic heterocycles. The number of hydrogen-bond acceptors (Lipinski definition) is 4.